The Bertz CT molecular complexity index is 1390. The number of esters is 2. The van der Waals surface area contributed by atoms with Crippen LogP contribution in [0.1, 0.15) is 155 Å². The molecule has 0 heterocycles. The maximum Gasteiger partial charge on any atom is 0.361 e. The van der Waals surface area contributed by atoms with Gasteiger partial charge in [-0.15, -0.1) is 0 Å². The van der Waals surface area contributed by atoms with Gasteiger partial charge in [-0.1, -0.05) is 168 Å². The fraction of sp³-hybridized carbons (Fsp3) is 0.611. The van der Waals surface area contributed by atoms with Gasteiger partial charge < -0.3 is 28.5 Å². The quantitative estimate of drug-likeness (QED) is 0.0212. The summed E-state index contributed by atoms with van der Waals surface area (Å²) in [6.45, 7) is 4.52. The van der Waals surface area contributed by atoms with Gasteiger partial charge >= 0.3 is 17.9 Å². The van der Waals surface area contributed by atoms with E-state index in [-0.39, 0.29) is 32.7 Å². The minimum atomic E-state index is -1.53. The SMILES string of the molecule is CC/C=C\C/C=C\C/C=C\C/C=C\C/C=C\CCCCCCCCCCCC(=O)OC(COC(=O)CC/C=C\C/C=C\C/C=C\C/C=C\CC)COC(OCC[N+](C)(C)C)C(=O)O. The summed E-state index contributed by atoms with van der Waals surface area (Å²) in [5.41, 5.74) is 0. The van der Waals surface area contributed by atoms with E-state index >= 15 is 0 Å². The summed E-state index contributed by atoms with van der Waals surface area (Å²) in [5, 5.41) is 9.64. The van der Waals surface area contributed by atoms with Crippen molar-refractivity contribution in [2.45, 2.75) is 167 Å². The summed E-state index contributed by atoms with van der Waals surface area (Å²) in [6, 6.07) is 0. The Kier molecular flexibility index (Phi) is 41.7. The molecule has 0 radical (unpaired) electrons. The molecule has 0 aliphatic carbocycles. The maximum atomic E-state index is 12.8. The number of hydrogen-bond acceptors (Lipinski definition) is 7. The molecule has 9 nitrogen and oxygen atoms in total. The number of ether oxygens (including phenoxy) is 4. The van der Waals surface area contributed by atoms with Crippen LogP contribution in [0.4, 0.5) is 0 Å². The van der Waals surface area contributed by atoms with Gasteiger partial charge in [-0.05, 0) is 83.5 Å². The highest BCUT2D eigenvalue weighted by Gasteiger charge is 2.25. The van der Waals surface area contributed by atoms with E-state index in [9.17, 15) is 19.5 Å². The van der Waals surface area contributed by atoms with Crippen molar-refractivity contribution in [3.63, 3.8) is 0 Å². The Morgan fingerprint density at radius 3 is 1.33 bits per heavy atom. The second-order valence-electron chi connectivity index (χ2n) is 16.7. The summed E-state index contributed by atoms with van der Waals surface area (Å²) in [6.07, 6.45) is 57.4. The number of carboxylic acids is 1. The Morgan fingerprint density at radius 2 is 0.889 bits per heavy atom. The molecule has 0 spiro atoms. The van der Waals surface area contributed by atoms with Crippen LogP contribution in [-0.2, 0) is 33.3 Å². The first kappa shape index (κ1) is 58.9. The molecule has 1 N–H and O–H groups in total. The van der Waals surface area contributed by atoms with E-state index < -0.39 is 30.3 Å². The summed E-state index contributed by atoms with van der Waals surface area (Å²) in [4.78, 5) is 37.1. The number of rotatable bonds is 42. The van der Waals surface area contributed by atoms with Gasteiger partial charge in [0.1, 0.15) is 13.2 Å². The van der Waals surface area contributed by atoms with E-state index in [1.165, 1.54) is 32.1 Å². The number of carbonyl (C=O) groups is 3. The number of nitrogens with zero attached hydrogens (tertiary/aromatic N) is 1. The molecule has 63 heavy (non-hydrogen) atoms. The molecule has 0 aliphatic rings. The zero-order valence-electron chi connectivity index (χ0n) is 40.2. The van der Waals surface area contributed by atoms with Gasteiger partial charge in [-0.25, -0.2) is 4.79 Å². The molecule has 0 rings (SSSR count). The average Bonchev–Trinajstić information content (AvgIpc) is 3.24. The molecule has 0 amide bonds. The van der Waals surface area contributed by atoms with Crippen molar-refractivity contribution >= 4 is 17.9 Å². The fourth-order valence-electron chi connectivity index (χ4n) is 5.87. The van der Waals surface area contributed by atoms with Gasteiger partial charge in [-0.3, -0.25) is 9.59 Å². The Morgan fingerprint density at radius 1 is 0.476 bits per heavy atom. The average molecular weight is 879 g/mol. The van der Waals surface area contributed by atoms with Gasteiger partial charge in [-0.2, -0.15) is 0 Å². The third kappa shape index (κ3) is 45.8. The third-order valence-corrected chi connectivity index (χ3v) is 9.54. The Balaban J connectivity index is 4.42. The lowest BCUT2D eigenvalue weighted by atomic mass is 10.1. The van der Waals surface area contributed by atoms with Crippen molar-refractivity contribution in [1.29, 1.82) is 0 Å². The van der Waals surface area contributed by atoms with Gasteiger partial charge in [0.25, 0.3) is 6.29 Å². The minimum Gasteiger partial charge on any atom is -0.477 e. The van der Waals surface area contributed by atoms with Crippen molar-refractivity contribution in [2.75, 3.05) is 47.5 Å². The number of quaternary nitrogens is 1. The van der Waals surface area contributed by atoms with E-state index in [0.717, 1.165) is 83.5 Å². The van der Waals surface area contributed by atoms with E-state index in [1.807, 2.05) is 33.3 Å². The lowest BCUT2D eigenvalue weighted by molar-refractivity contribution is -0.870. The molecule has 0 saturated carbocycles. The van der Waals surface area contributed by atoms with Crippen LogP contribution in [0.25, 0.3) is 0 Å². The summed E-state index contributed by atoms with van der Waals surface area (Å²) in [5.74, 6) is -2.14. The Labute approximate surface area is 384 Å². The molecule has 0 bridgehead atoms. The lowest BCUT2D eigenvalue weighted by Crippen LogP contribution is -2.40. The largest absolute Gasteiger partial charge is 0.477 e. The first-order chi connectivity index (χ1) is 30.6. The zero-order chi connectivity index (χ0) is 46.3. The molecule has 9 heteroatoms. The van der Waals surface area contributed by atoms with Gasteiger partial charge in [0, 0.05) is 12.8 Å². The third-order valence-electron chi connectivity index (χ3n) is 9.54. The van der Waals surface area contributed by atoms with Crippen molar-refractivity contribution in [1.82, 2.24) is 0 Å². The topological polar surface area (TPSA) is 108 Å². The fourth-order valence-corrected chi connectivity index (χ4v) is 5.87. The van der Waals surface area contributed by atoms with Crippen molar-refractivity contribution < 1.29 is 42.9 Å². The number of aliphatic carboxylic acids is 1. The predicted octanol–water partition coefficient (Wildman–Crippen LogP) is 13.2. The molecule has 0 saturated heterocycles. The van der Waals surface area contributed by atoms with Crippen LogP contribution in [0.5, 0.6) is 0 Å². The van der Waals surface area contributed by atoms with E-state index in [4.69, 9.17) is 18.9 Å². The number of allylic oxidation sites excluding steroid dienone is 18. The first-order valence-electron chi connectivity index (χ1n) is 24.1. The van der Waals surface area contributed by atoms with Gasteiger partial charge in [0.05, 0.1) is 34.4 Å². The van der Waals surface area contributed by atoms with Crippen molar-refractivity contribution in [3.8, 4) is 0 Å². The summed E-state index contributed by atoms with van der Waals surface area (Å²) < 4.78 is 22.6. The number of carboxylic acid groups (broad SMARTS) is 1. The van der Waals surface area contributed by atoms with Crippen molar-refractivity contribution in [3.05, 3.63) is 109 Å². The van der Waals surface area contributed by atoms with E-state index in [0.29, 0.717) is 23.9 Å². The van der Waals surface area contributed by atoms with Crippen LogP contribution in [0.15, 0.2) is 109 Å². The minimum absolute atomic E-state index is 0.170. The number of hydrogen-bond donors (Lipinski definition) is 1. The molecule has 0 aromatic carbocycles. The van der Waals surface area contributed by atoms with Crippen LogP contribution >= 0.6 is 0 Å². The molecule has 0 fully saturated rings. The monoisotopic (exact) mass is 879 g/mol. The summed E-state index contributed by atoms with van der Waals surface area (Å²) in [7, 11) is 5.92. The number of unbranched alkanes of at least 4 members (excludes halogenated alkanes) is 9. The van der Waals surface area contributed by atoms with Crippen LogP contribution in [0.3, 0.4) is 0 Å². The number of likely N-dealkylation sites (N-methyl/N-ethyl adjacent to an activating group) is 1. The lowest BCUT2D eigenvalue weighted by Gasteiger charge is -2.25. The molecule has 2 atom stereocenters. The molecule has 0 aromatic heterocycles. The Hall–Kier alpha value is -4.05. The van der Waals surface area contributed by atoms with E-state index in [1.54, 1.807) is 0 Å². The van der Waals surface area contributed by atoms with Crippen molar-refractivity contribution in [2.24, 2.45) is 0 Å². The molecule has 0 aromatic rings. The maximum absolute atomic E-state index is 12.8. The van der Waals surface area contributed by atoms with Gasteiger partial charge in [0.15, 0.2) is 6.10 Å². The van der Waals surface area contributed by atoms with Crippen LogP contribution in [0.2, 0.25) is 0 Å². The second-order valence-corrected chi connectivity index (χ2v) is 16.7. The van der Waals surface area contributed by atoms with Crippen LogP contribution < -0.4 is 0 Å². The smallest absolute Gasteiger partial charge is 0.361 e. The highest BCUT2D eigenvalue weighted by Crippen LogP contribution is 2.13. The molecular formula is C54H88NO8+. The first-order valence-corrected chi connectivity index (χ1v) is 24.1. The molecule has 2 unspecified atom stereocenters. The van der Waals surface area contributed by atoms with Crippen LogP contribution in [-0.4, -0.2) is 87.4 Å². The van der Waals surface area contributed by atoms with Gasteiger partial charge in [0.2, 0.25) is 0 Å². The standard InChI is InChI=1S/C54H87NO8/c1-6-8-10-12-14-16-18-20-21-22-23-24-25-26-27-28-29-30-31-33-35-37-39-41-43-45-52(57)63-50(49-62-54(53(58)59)60-47-46-55(3,4)5)48-61-51(56)44-42-40-38-36-34-32-19-17-15-13-11-9-7-2/h8-11,14-17,20-21,23-24,26-27,32,34,38,40,50,54H,6-7,12-13,18-19,22,25,28-31,33,35-37,39,41-49H2,1-5H3/p+1/b10-8-,11-9-,16-14-,17-15-,21-20-,24-23-,27-26-,34-32-,40-38-. The highest BCUT2D eigenvalue weighted by molar-refractivity contribution is 5.71. The molecule has 356 valence electrons. The molecule has 0 aliphatic heterocycles. The zero-order valence-corrected chi connectivity index (χ0v) is 40.2. The number of carbonyl (C=O) groups excluding carboxylic acids is 2. The predicted molar refractivity (Wildman–Crippen MR) is 262 cm³/mol. The summed E-state index contributed by atoms with van der Waals surface area (Å²) >= 11 is 0. The second kappa shape index (κ2) is 44.6. The highest BCUT2D eigenvalue weighted by atomic mass is 16.7. The van der Waals surface area contributed by atoms with Crippen LogP contribution in [0, 0.1) is 0 Å². The molecular weight excluding hydrogens is 791 g/mol. The normalized spacial score (nSPS) is 13.9. The van der Waals surface area contributed by atoms with E-state index in [2.05, 4.69) is 111 Å².